The molecule has 2 aromatic heterocycles. The summed E-state index contributed by atoms with van der Waals surface area (Å²) in [6.07, 6.45) is 8.90. The van der Waals surface area contributed by atoms with Gasteiger partial charge in [0.2, 0.25) is 11.8 Å². The first-order valence-corrected chi connectivity index (χ1v) is 13.4. The molecule has 4 heterocycles. The Kier molecular flexibility index (Phi) is 6.32. The highest BCUT2D eigenvalue weighted by Crippen LogP contribution is 2.50. The number of benzene rings is 1. The lowest BCUT2D eigenvalue weighted by atomic mass is 9.99. The number of thioether (sulfide) groups is 1. The minimum Gasteiger partial charge on any atom is -0.350 e. The number of nitrogens with zero attached hydrogens (tertiary/aromatic N) is 3. The third kappa shape index (κ3) is 4.30. The fourth-order valence-electron chi connectivity index (χ4n) is 5.45. The van der Waals surface area contributed by atoms with E-state index < -0.39 is 11.3 Å². The fourth-order valence-corrected chi connectivity index (χ4v) is 6.69. The molecule has 2 unspecified atom stereocenters. The molecule has 0 radical (unpaired) electrons. The number of amides is 4. The second-order valence-corrected chi connectivity index (χ2v) is 10.6. The van der Waals surface area contributed by atoms with Crippen LogP contribution in [0.4, 0.5) is 16.2 Å². The lowest BCUT2D eigenvalue weighted by molar-refractivity contribution is -0.122. The Labute approximate surface area is 224 Å². The van der Waals surface area contributed by atoms with E-state index in [9.17, 15) is 14.4 Å². The Balaban J connectivity index is 1.27. The number of hydrogen-bond acceptors (Lipinski definition) is 6. The summed E-state index contributed by atoms with van der Waals surface area (Å²) in [6, 6.07) is 12.3. The van der Waals surface area contributed by atoms with E-state index >= 15 is 0 Å². The second-order valence-electron chi connectivity index (χ2n) is 9.51. The number of carbonyl (C=O) groups is 3. The Morgan fingerprint density at radius 2 is 1.89 bits per heavy atom. The fraction of sp³-hybridized carbons (Fsp3) is 0.250. The zero-order valence-electron chi connectivity index (χ0n) is 20.5. The number of anilines is 2. The minimum atomic E-state index is -0.567. The number of pyridine rings is 2. The van der Waals surface area contributed by atoms with Gasteiger partial charge < -0.3 is 16.0 Å². The summed E-state index contributed by atoms with van der Waals surface area (Å²) in [4.78, 5) is 49.2. The van der Waals surface area contributed by atoms with Gasteiger partial charge in [0.25, 0.3) is 0 Å². The zero-order valence-corrected chi connectivity index (χ0v) is 21.3. The molecule has 4 atom stereocenters. The van der Waals surface area contributed by atoms with Crippen LogP contribution in [0.1, 0.15) is 30.9 Å². The molecule has 9 nitrogen and oxygen atoms in total. The van der Waals surface area contributed by atoms with Crippen LogP contribution in [0.5, 0.6) is 0 Å². The molecule has 1 fully saturated rings. The van der Waals surface area contributed by atoms with Crippen molar-refractivity contribution in [2.45, 2.75) is 47.7 Å². The maximum atomic E-state index is 13.5. The van der Waals surface area contributed by atoms with Crippen molar-refractivity contribution in [2.75, 3.05) is 4.90 Å². The second kappa shape index (κ2) is 9.94. The quantitative estimate of drug-likeness (QED) is 0.420. The summed E-state index contributed by atoms with van der Waals surface area (Å²) in [7, 11) is 0. The van der Waals surface area contributed by atoms with Crippen molar-refractivity contribution in [3.63, 3.8) is 0 Å². The first-order chi connectivity index (χ1) is 18.5. The van der Waals surface area contributed by atoms with Gasteiger partial charge >= 0.3 is 6.03 Å². The van der Waals surface area contributed by atoms with Gasteiger partial charge in [0.1, 0.15) is 10.3 Å². The first kappa shape index (κ1) is 24.2. The van der Waals surface area contributed by atoms with Gasteiger partial charge in [-0.05, 0) is 55.2 Å². The standard InChI is InChI=1S/C28H26N6O3S/c1-2-22(35)31-19-9-4-10-20(19)32-26(36)25-24-23-21(11-13-30-27(23)38-25)34(28(37)33-24)18-8-3-6-16(14-18)17-7-5-12-29-15-17/h2-3,5-8,11-15,19-20,24-25H,1,4,9-10H2,(H,31,35)(H,32,36)(H,33,37)/t19-,20-,24?,25?/m1/s1. The number of aromatic nitrogens is 2. The SMILES string of the molecule is C=CC(=O)N[C@@H]1CCC[C@H]1NC(=O)C1Sc2nccc3c2C1NC(=O)N3c1cccc(-c2cccnc2)c1. The predicted molar refractivity (Wildman–Crippen MR) is 145 cm³/mol. The Morgan fingerprint density at radius 1 is 1.08 bits per heavy atom. The minimum absolute atomic E-state index is 0.143. The molecular formula is C28H26N6O3S. The van der Waals surface area contributed by atoms with Gasteiger partial charge in [-0.1, -0.05) is 36.5 Å². The van der Waals surface area contributed by atoms with Gasteiger partial charge in [-0.2, -0.15) is 0 Å². The number of hydrogen-bond donors (Lipinski definition) is 3. The predicted octanol–water partition coefficient (Wildman–Crippen LogP) is 3.86. The van der Waals surface area contributed by atoms with Gasteiger partial charge in [-0.15, -0.1) is 0 Å². The molecule has 0 saturated heterocycles. The Bertz CT molecular complexity index is 1430. The molecule has 0 spiro atoms. The molecular weight excluding hydrogens is 500 g/mol. The van der Waals surface area contributed by atoms with Crippen LogP contribution in [0.15, 0.2) is 78.7 Å². The van der Waals surface area contributed by atoms with Crippen LogP contribution in [0, 0.1) is 0 Å². The molecule has 3 aliphatic rings. The van der Waals surface area contributed by atoms with E-state index in [1.807, 2.05) is 42.5 Å². The van der Waals surface area contributed by atoms with Crippen LogP contribution < -0.4 is 20.9 Å². The maximum Gasteiger partial charge on any atom is 0.327 e. The normalized spacial score (nSPS) is 23.4. The summed E-state index contributed by atoms with van der Waals surface area (Å²) in [5.74, 6) is -0.430. The lowest BCUT2D eigenvalue weighted by Crippen LogP contribution is -2.53. The van der Waals surface area contributed by atoms with Crippen molar-refractivity contribution in [1.29, 1.82) is 0 Å². The molecule has 2 aliphatic heterocycles. The molecule has 4 amide bonds. The largest absolute Gasteiger partial charge is 0.350 e. The third-order valence-corrected chi connectivity index (χ3v) is 8.51. The smallest absolute Gasteiger partial charge is 0.327 e. The van der Waals surface area contributed by atoms with Crippen molar-refractivity contribution >= 4 is 41.0 Å². The molecule has 1 aliphatic carbocycles. The van der Waals surface area contributed by atoms with E-state index in [4.69, 9.17) is 0 Å². The van der Waals surface area contributed by atoms with Crippen molar-refractivity contribution < 1.29 is 14.4 Å². The monoisotopic (exact) mass is 526 g/mol. The van der Waals surface area contributed by atoms with Gasteiger partial charge in [-0.3, -0.25) is 19.5 Å². The Morgan fingerprint density at radius 3 is 2.68 bits per heavy atom. The Hall–Kier alpha value is -4.18. The van der Waals surface area contributed by atoms with Crippen LogP contribution >= 0.6 is 11.8 Å². The summed E-state index contributed by atoms with van der Waals surface area (Å²) < 4.78 is 0. The molecule has 6 rings (SSSR count). The average molecular weight is 527 g/mol. The average Bonchev–Trinajstić information content (AvgIpc) is 3.54. The highest BCUT2D eigenvalue weighted by molar-refractivity contribution is 8.01. The van der Waals surface area contributed by atoms with Gasteiger partial charge in [0.15, 0.2) is 0 Å². The summed E-state index contributed by atoms with van der Waals surface area (Å²) in [5, 5.41) is 9.25. The van der Waals surface area contributed by atoms with E-state index in [1.54, 1.807) is 23.5 Å². The highest BCUT2D eigenvalue weighted by Gasteiger charge is 2.47. The van der Waals surface area contributed by atoms with Crippen LogP contribution in [0.3, 0.4) is 0 Å². The lowest BCUT2D eigenvalue weighted by Gasteiger charge is -2.34. The number of urea groups is 1. The van der Waals surface area contributed by atoms with Crippen LogP contribution in [-0.4, -0.2) is 45.1 Å². The van der Waals surface area contributed by atoms with Crippen LogP contribution in [-0.2, 0) is 9.59 Å². The third-order valence-electron chi connectivity index (χ3n) is 7.22. The van der Waals surface area contributed by atoms with E-state index in [2.05, 4.69) is 32.5 Å². The molecule has 0 bridgehead atoms. The van der Waals surface area contributed by atoms with Gasteiger partial charge in [-0.25, -0.2) is 9.78 Å². The van der Waals surface area contributed by atoms with Crippen LogP contribution in [0.2, 0.25) is 0 Å². The molecule has 3 aromatic rings. The zero-order chi connectivity index (χ0) is 26.2. The van der Waals surface area contributed by atoms with Crippen molar-refractivity contribution in [1.82, 2.24) is 25.9 Å². The number of nitrogens with one attached hydrogen (secondary N) is 3. The molecule has 38 heavy (non-hydrogen) atoms. The van der Waals surface area contributed by atoms with Gasteiger partial charge in [0, 0.05) is 41.8 Å². The van der Waals surface area contributed by atoms with Gasteiger partial charge in [0.05, 0.1) is 17.4 Å². The van der Waals surface area contributed by atoms with Crippen molar-refractivity contribution in [3.05, 3.63) is 79.3 Å². The molecule has 3 N–H and O–H groups in total. The van der Waals surface area contributed by atoms with Crippen molar-refractivity contribution in [2.24, 2.45) is 0 Å². The molecule has 192 valence electrons. The summed E-state index contributed by atoms with van der Waals surface area (Å²) in [5.41, 5.74) is 4.16. The molecule has 10 heteroatoms. The highest BCUT2D eigenvalue weighted by atomic mass is 32.2. The topological polar surface area (TPSA) is 116 Å². The van der Waals surface area contributed by atoms with E-state index in [0.717, 1.165) is 41.0 Å². The molecule has 1 saturated carbocycles. The van der Waals surface area contributed by atoms with Crippen LogP contribution in [0.25, 0.3) is 11.1 Å². The van der Waals surface area contributed by atoms with Crippen molar-refractivity contribution in [3.8, 4) is 11.1 Å². The number of carbonyl (C=O) groups excluding carboxylic acids is 3. The number of rotatable bonds is 6. The van der Waals surface area contributed by atoms with E-state index in [-0.39, 0.29) is 29.9 Å². The summed E-state index contributed by atoms with van der Waals surface area (Å²) >= 11 is 1.36. The first-order valence-electron chi connectivity index (χ1n) is 12.5. The molecule has 1 aromatic carbocycles. The van der Waals surface area contributed by atoms with E-state index in [1.165, 1.54) is 17.8 Å². The van der Waals surface area contributed by atoms with E-state index in [0.29, 0.717) is 11.4 Å². The summed E-state index contributed by atoms with van der Waals surface area (Å²) in [6.45, 7) is 3.51. The maximum absolute atomic E-state index is 13.5.